The van der Waals surface area contributed by atoms with E-state index < -0.39 is 0 Å². The summed E-state index contributed by atoms with van der Waals surface area (Å²) < 4.78 is 0. The van der Waals surface area contributed by atoms with Gasteiger partial charge in [-0.05, 0) is 55.6 Å². The third kappa shape index (κ3) is 1.98. The second kappa shape index (κ2) is 4.67. The summed E-state index contributed by atoms with van der Waals surface area (Å²) in [6.07, 6.45) is 5.67. The number of benzene rings is 1. The molecule has 3 rings (SSSR count). The molecule has 18 heavy (non-hydrogen) atoms. The van der Waals surface area contributed by atoms with Crippen LogP contribution in [0.2, 0.25) is 0 Å². The van der Waals surface area contributed by atoms with Gasteiger partial charge in [0, 0.05) is 6.04 Å². The molecule has 1 aromatic carbocycles. The molecule has 0 aromatic heterocycles. The summed E-state index contributed by atoms with van der Waals surface area (Å²) in [4.78, 5) is 0. The predicted molar refractivity (Wildman–Crippen MR) is 74.9 cm³/mol. The largest absolute Gasteiger partial charge is 0.271 e. The fourth-order valence-corrected chi connectivity index (χ4v) is 4.05. The zero-order chi connectivity index (χ0) is 12.7. The van der Waals surface area contributed by atoms with E-state index in [-0.39, 0.29) is 0 Å². The maximum Gasteiger partial charge on any atom is 0.0496 e. The van der Waals surface area contributed by atoms with Crippen molar-refractivity contribution in [1.29, 1.82) is 0 Å². The molecule has 1 aromatic rings. The number of nitrogens with two attached hydrogens (primary N) is 1. The summed E-state index contributed by atoms with van der Waals surface area (Å²) in [5.74, 6) is 8.51. The summed E-state index contributed by atoms with van der Waals surface area (Å²) in [7, 11) is 0. The zero-order valence-electron chi connectivity index (χ0n) is 11.4. The Morgan fingerprint density at radius 1 is 1.17 bits per heavy atom. The lowest BCUT2D eigenvalue weighted by molar-refractivity contribution is 0.454. The molecule has 2 heteroatoms. The molecule has 0 saturated heterocycles. The van der Waals surface area contributed by atoms with Crippen LogP contribution in [0.4, 0.5) is 0 Å². The van der Waals surface area contributed by atoms with Crippen molar-refractivity contribution in [3.05, 3.63) is 34.9 Å². The van der Waals surface area contributed by atoms with Crippen molar-refractivity contribution in [2.24, 2.45) is 23.6 Å². The Bertz CT molecular complexity index is 429. The molecule has 2 aliphatic carbocycles. The first-order valence-electron chi connectivity index (χ1n) is 7.25. The Morgan fingerprint density at radius 2 is 1.83 bits per heavy atom. The fraction of sp³-hybridized carbons (Fsp3) is 0.625. The van der Waals surface area contributed by atoms with Crippen LogP contribution >= 0.6 is 0 Å². The summed E-state index contributed by atoms with van der Waals surface area (Å²) in [5, 5.41) is 0. The Morgan fingerprint density at radius 3 is 2.44 bits per heavy atom. The van der Waals surface area contributed by atoms with Crippen LogP contribution in [0, 0.1) is 31.6 Å². The molecular weight excluding hydrogens is 220 g/mol. The SMILES string of the molecule is Cc1ccc(C)c(C(NN)C2C3CCCCC32)c1. The summed E-state index contributed by atoms with van der Waals surface area (Å²) in [6, 6.07) is 7.08. The number of nitrogens with one attached hydrogen (secondary N) is 1. The number of fused-ring (bicyclic) bond motifs is 1. The Balaban J connectivity index is 1.86. The van der Waals surface area contributed by atoms with Gasteiger partial charge in [0.15, 0.2) is 0 Å². The molecule has 2 aliphatic rings. The van der Waals surface area contributed by atoms with E-state index in [1.54, 1.807) is 0 Å². The van der Waals surface area contributed by atoms with Crippen LogP contribution < -0.4 is 11.3 Å². The first-order valence-corrected chi connectivity index (χ1v) is 7.25. The van der Waals surface area contributed by atoms with Crippen molar-refractivity contribution in [3.8, 4) is 0 Å². The van der Waals surface area contributed by atoms with Crippen molar-refractivity contribution < 1.29 is 0 Å². The van der Waals surface area contributed by atoms with Crippen LogP contribution in [-0.4, -0.2) is 0 Å². The minimum atomic E-state index is 0.359. The van der Waals surface area contributed by atoms with Gasteiger partial charge in [-0.25, -0.2) is 0 Å². The van der Waals surface area contributed by atoms with Crippen molar-refractivity contribution in [3.63, 3.8) is 0 Å². The number of aryl methyl sites for hydroxylation is 2. The Hall–Kier alpha value is -0.860. The molecule has 0 radical (unpaired) electrons. The van der Waals surface area contributed by atoms with Gasteiger partial charge >= 0.3 is 0 Å². The minimum absolute atomic E-state index is 0.359. The summed E-state index contributed by atoms with van der Waals surface area (Å²) in [5.41, 5.74) is 7.22. The summed E-state index contributed by atoms with van der Waals surface area (Å²) in [6.45, 7) is 4.36. The van der Waals surface area contributed by atoms with Gasteiger partial charge in [-0.15, -0.1) is 0 Å². The standard InChI is InChI=1S/C16H24N2/c1-10-7-8-11(2)14(9-10)16(18-17)15-12-5-3-4-6-13(12)15/h7-9,12-13,15-16,18H,3-6,17H2,1-2H3. The third-order valence-corrected chi connectivity index (χ3v) is 5.06. The van der Waals surface area contributed by atoms with E-state index in [0.29, 0.717) is 6.04 Å². The smallest absolute Gasteiger partial charge is 0.0496 e. The highest BCUT2D eigenvalue weighted by molar-refractivity contribution is 5.34. The van der Waals surface area contributed by atoms with Gasteiger partial charge in [0.05, 0.1) is 0 Å². The lowest BCUT2D eigenvalue weighted by Gasteiger charge is -2.19. The number of hydrogen-bond acceptors (Lipinski definition) is 2. The fourth-order valence-electron chi connectivity index (χ4n) is 4.05. The lowest BCUT2D eigenvalue weighted by Crippen LogP contribution is -2.31. The van der Waals surface area contributed by atoms with Gasteiger partial charge in [-0.3, -0.25) is 11.3 Å². The Labute approximate surface area is 110 Å². The van der Waals surface area contributed by atoms with Crippen molar-refractivity contribution in [2.75, 3.05) is 0 Å². The van der Waals surface area contributed by atoms with Gasteiger partial charge in [0.25, 0.3) is 0 Å². The van der Waals surface area contributed by atoms with E-state index in [4.69, 9.17) is 5.84 Å². The highest BCUT2D eigenvalue weighted by Gasteiger charge is 2.54. The highest BCUT2D eigenvalue weighted by Crippen LogP contribution is 2.60. The van der Waals surface area contributed by atoms with E-state index in [1.165, 1.54) is 42.4 Å². The van der Waals surface area contributed by atoms with Gasteiger partial charge in [-0.2, -0.15) is 0 Å². The molecule has 3 N–H and O–H groups in total. The molecule has 0 aliphatic heterocycles. The maximum absolute atomic E-state index is 5.87. The van der Waals surface area contributed by atoms with E-state index in [0.717, 1.165) is 17.8 Å². The number of hydrazine groups is 1. The van der Waals surface area contributed by atoms with Crippen molar-refractivity contribution in [1.82, 2.24) is 5.43 Å². The van der Waals surface area contributed by atoms with Crippen LogP contribution in [0.3, 0.4) is 0 Å². The monoisotopic (exact) mass is 244 g/mol. The molecule has 3 atom stereocenters. The average molecular weight is 244 g/mol. The normalized spacial score (nSPS) is 31.8. The molecule has 2 nitrogen and oxygen atoms in total. The van der Waals surface area contributed by atoms with E-state index in [2.05, 4.69) is 37.5 Å². The molecular formula is C16H24N2. The second-order valence-corrected chi connectivity index (χ2v) is 6.19. The van der Waals surface area contributed by atoms with E-state index >= 15 is 0 Å². The molecule has 3 unspecified atom stereocenters. The molecule has 0 amide bonds. The molecule has 0 heterocycles. The van der Waals surface area contributed by atoms with Crippen LogP contribution in [0.5, 0.6) is 0 Å². The third-order valence-electron chi connectivity index (χ3n) is 5.06. The number of hydrogen-bond donors (Lipinski definition) is 2. The van der Waals surface area contributed by atoms with Crippen LogP contribution in [0.25, 0.3) is 0 Å². The van der Waals surface area contributed by atoms with Gasteiger partial charge in [0.1, 0.15) is 0 Å². The lowest BCUT2D eigenvalue weighted by atomic mass is 9.94. The van der Waals surface area contributed by atoms with Crippen LogP contribution in [0.15, 0.2) is 18.2 Å². The average Bonchev–Trinajstić information content (AvgIpc) is 3.09. The van der Waals surface area contributed by atoms with E-state index in [1.807, 2.05) is 0 Å². The molecule has 98 valence electrons. The van der Waals surface area contributed by atoms with Crippen LogP contribution in [-0.2, 0) is 0 Å². The Kier molecular flexibility index (Phi) is 3.16. The molecule has 0 bridgehead atoms. The van der Waals surface area contributed by atoms with Crippen molar-refractivity contribution in [2.45, 2.75) is 45.6 Å². The molecule has 2 saturated carbocycles. The topological polar surface area (TPSA) is 38.0 Å². The van der Waals surface area contributed by atoms with Gasteiger partial charge < -0.3 is 0 Å². The number of rotatable bonds is 3. The first-order chi connectivity index (χ1) is 8.72. The summed E-state index contributed by atoms with van der Waals surface area (Å²) >= 11 is 0. The van der Waals surface area contributed by atoms with Gasteiger partial charge in [0.2, 0.25) is 0 Å². The van der Waals surface area contributed by atoms with E-state index in [9.17, 15) is 0 Å². The minimum Gasteiger partial charge on any atom is -0.271 e. The zero-order valence-corrected chi connectivity index (χ0v) is 11.4. The predicted octanol–water partition coefficient (Wildman–Crippen LogP) is 3.24. The van der Waals surface area contributed by atoms with Crippen LogP contribution in [0.1, 0.15) is 48.4 Å². The van der Waals surface area contributed by atoms with Crippen molar-refractivity contribution >= 4 is 0 Å². The second-order valence-electron chi connectivity index (χ2n) is 6.19. The molecule has 0 spiro atoms. The highest BCUT2D eigenvalue weighted by atomic mass is 15.2. The van der Waals surface area contributed by atoms with Gasteiger partial charge in [-0.1, -0.05) is 36.6 Å². The molecule has 2 fully saturated rings. The first kappa shape index (κ1) is 12.2. The quantitative estimate of drug-likeness (QED) is 0.633. The maximum atomic E-state index is 5.87.